The maximum atomic E-state index is 13.6. The lowest BCUT2D eigenvalue weighted by atomic mass is 10.1. The van der Waals surface area contributed by atoms with Crippen molar-refractivity contribution in [2.75, 3.05) is 0 Å². The molecule has 0 atom stereocenters. The van der Waals surface area contributed by atoms with Crippen LogP contribution in [0.1, 0.15) is 5.56 Å². The van der Waals surface area contributed by atoms with Crippen molar-refractivity contribution < 1.29 is 8.78 Å². The molecule has 1 aromatic carbocycles. The van der Waals surface area contributed by atoms with Crippen molar-refractivity contribution in [3.63, 3.8) is 0 Å². The Bertz CT molecular complexity index is 510. The SMILES string of the molecule is Cc1ccc(F)c(-c2nc(Cl)cs2)c1F. The van der Waals surface area contributed by atoms with Gasteiger partial charge in [0.1, 0.15) is 21.8 Å². The van der Waals surface area contributed by atoms with Gasteiger partial charge in [-0.15, -0.1) is 11.3 Å². The van der Waals surface area contributed by atoms with E-state index in [-0.39, 0.29) is 15.7 Å². The van der Waals surface area contributed by atoms with E-state index in [9.17, 15) is 8.78 Å². The fourth-order valence-corrected chi connectivity index (χ4v) is 2.21. The third kappa shape index (κ3) is 1.87. The van der Waals surface area contributed by atoms with Gasteiger partial charge in [-0.05, 0) is 18.6 Å². The number of halogens is 3. The minimum atomic E-state index is -0.621. The molecule has 5 heteroatoms. The first kappa shape index (κ1) is 10.5. The summed E-state index contributed by atoms with van der Waals surface area (Å²) in [5.41, 5.74) is 0.282. The predicted octanol–water partition coefficient (Wildman–Crippen LogP) is 4.05. The van der Waals surface area contributed by atoms with E-state index in [2.05, 4.69) is 4.98 Å². The molecule has 0 saturated carbocycles. The minimum Gasteiger partial charge on any atom is -0.224 e. The van der Waals surface area contributed by atoms with E-state index >= 15 is 0 Å². The summed E-state index contributed by atoms with van der Waals surface area (Å²) in [6, 6.07) is 2.62. The number of hydrogen-bond acceptors (Lipinski definition) is 2. The van der Waals surface area contributed by atoms with Gasteiger partial charge < -0.3 is 0 Å². The summed E-state index contributed by atoms with van der Waals surface area (Å²) in [5.74, 6) is -1.20. The standard InChI is InChI=1S/C10H6ClF2NS/c1-5-2-3-6(12)8(9(5)13)10-14-7(11)4-15-10/h2-4H,1H3. The number of thiazole rings is 1. The van der Waals surface area contributed by atoms with Crippen LogP contribution in [-0.2, 0) is 0 Å². The number of aryl methyl sites for hydroxylation is 1. The fraction of sp³-hybridized carbons (Fsp3) is 0.100. The molecule has 1 aromatic heterocycles. The van der Waals surface area contributed by atoms with Crippen molar-refractivity contribution in [1.29, 1.82) is 0 Å². The normalized spacial score (nSPS) is 10.7. The van der Waals surface area contributed by atoms with E-state index in [0.717, 1.165) is 11.3 Å². The summed E-state index contributed by atoms with van der Waals surface area (Å²) >= 11 is 6.73. The second-order valence-corrected chi connectivity index (χ2v) is 4.27. The molecule has 0 spiro atoms. The van der Waals surface area contributed by atoms with Gasteiger partial charge in [0.05, 0.1) is 5.56 Å². The highest BCUT2D eigenvalue weighted by Gasteiger charge is 2.16. The van der Waals surface area contributed by atoms with E-state index in [1.807, 2.05) is 0 Å². The molecular weight excluding hydrogens is 240 g/mol. The van der Waals surface area contributed by atoms with Gasteiger partial charge in [0.2, 0.25) is 0 Å². The van der Waals surface area contributed by atoms with E-state index < -0.39 is 11.6 Å². The van der Waals surface area contributed by atoms with E-state index in [1.165, 1.54) is 17.5 Å². The molecule has 2 rings (SSSR count). The number of nitrogens with zero attached hydrogens (tertiary/aromatic N) is 1. The minimum absolute atomic E-state index is 0.105. The lowest BCUT2D eigenvalue weighted by molar-refractivity contribution is 0.583. The van der Waals surface area contributed by atoms with Crippen LogP contribution in [0.5, 0.6) is 0 Å². The van der Waals surface area contributed by atoms with E-state index in [0.29, 0.717) is 5.56 Å². The maximum absolute atomic E-state index is 13.6. The van der Waals surface area contributed by atoms with Crippen molar-refractivity contribution in [2.45, 2.75) is 6.92 Å². The zero-order valence-corrected chi connectivity index (χ0v) is 9.29. The molecule has 0 aliphatic carbocycles. The molecule has 0 N–H and O–H groups in total. The van der Waals surface area contributed by atoms with Crippen molar-refractivity contribution in [1.82, 2.24) is 4.98 Å². The first-order valence-electron chi connectivity index (χ1n) is 4.15. The molecule has 0 amide bonds. The summed E-state index contributed by atoms with van der Waals surface area (Å²) in [7, 11) is 0. The summed E-state index contributed by atoms with van der Waals surface area (Å²) in [6.45, 7) is 1.58. The lowest BCUT2D eigenvalue weighted by Gasteiger charge is -2.03. The van der Waals surface area contributed by atoms with Crippen LogP contribution in [0, 0.1) is 18.6 Å². The summed E-state index contributed by atoms with van der Waals surface area (Å²) in [6.07, 6.45) is 0. The van der Waals surface area contributed by atoms with Gasteiger partial charge in [0.25, 0.3) is 0 Å². The monoisotopic (exact) mass is 245 g/mol. The van der Waals surface area contributed by atoms with Gasteiger partial charge >= 0.3 is 0 Å². The Hall–Kier alpha value is -1.00. The summed E-state index contributed by atoms with van der Waals surface area (Å²) in [5, 5.41) is 2.05. The fourth-order valence-electron chi connectivity index (χ4n) is 1.22. The van der Waals surface area contributed by atoms with Crippen LogP contribution in [-0.4, -0.2) is 4.98 Å². The topological polar surface area (TPSA) is 12.9 Å². The number of rotatable bonds is 1. The number of aromatic nitrogens is 1. The molecule has 2 aromatic rings. The van der Waals surface area contributed by atoms with Gasteiger partial charge in [0, 0.05) is 5.38 Å². The average Bonchev–Trinajstić information content (AvgIpc) is 2.59. The van der Waals surface area contributed by atoms with Gasteiger partial charge in [-0.1, -0.05) is 17.7 Å². The molecule has 0 saturated heterocycles. The van der Waals surface area contributed by atoms with Gasteiger partial charge in [-0.25, -0.2) is 13.8 Å². The Morgan fingerprint density at radius 2 is 2.07 bits per heavy atom. The summed E-state index contributed by atoms with van der Waals surface area (Å²) < 4.78 is 27.1. The smallest absolute Gasteiger partial charge is 0.140 e. The molecule has 1 nitrogen and oxygen atoms in total. The molecule has 0 unspecified atom stereocenters. The van der Waals surface area contributed by atoms with Gasteiger partial charge in [0.15, 0.2) is 0 Å². The third-order valence-electron chi connectivity index (χ3n) is 1.97. The van der Waals surface area contributed by atoms with Crippen LogP contribution in [0.15, 0.2) is 17.5 Å². The highest BCUT2D eigenvalue weighted by Crippen LogP contribution is 2.31. The second-order valence-electron chi connectivity index (χ2n) is 3.03. The third-order valence-corrected chi connectivity index (χ3v) is 3.16. The van der Waals surface area contributed by atoms with Crippen molar-refractivity contribution >= 4 is 22.9 Å². The van der Waals surface area contributed by atoms with Crippen molar-refractivity contribution in [2.24, 2.45) is 0 Å². The number of benzene rings is 1. The Labute approximate surface area is 94.3 Å². The molecule has 0 radical (unpaired) electrons. The summed E-state index contributed by atoms with van der Waals surface area (Å²) in [4.78, 5) is 3.85. The Kier molecular flexibility index (Phi) is 2.71. The Morgan fingerprint density at radius 1 is 1.33 bits per heavy atom. The van der Waals surface area contributed by atoms with Gasteiger partial charge in [-0.3, -0.25) is 0 Å². The van der Waals surface area contributed by atoms with Crippen LogP contribution >= 0.6 is 22.9 Å². The molecular formula is C10H6ClF2NS. The van der Waals surface area contributed by atoms with Crippen molar-refractivity contribution in [3.8, 4) is 10.6 Å². The van der Waals surface area contributed by atoms with Crippen LogP contribution in [0.4, 0.5) is 8.78 Å². The molecule has 0 bridgehead atoms. The molecule has 0 aliphatic rings. The highest BCUT2D eigenvalue weighted by atomic mass is 35.5. The zero-order valence-electron chi connectivity index (χ0n) is 7.72. The average molecular weight is 246 g/mol. The largest absolute Gasteiger partial charge is 0.224 e. The van der Waals surface area contributed by atoms with Gasteiger partial charge in [-0.2, -0.15) is 0 Å². The van der Waals surface area contributed by atoms with E-state index in [1.54, 1.807) is 6.92 Å². The second kappa shape index (κ2) is 3.87. The van der Waals surface area contributed by atoms with Crippen LogP contribution in [0.2, 0.25) is 5.15 Å². The molecule has 78 valence electrons. The van der Waals surface area contributed by atoms with E-state index in [4.69, 9.17) is 11.6 Å². The maximum Gasteiger partial charge on any atom is 0.140 e. The first-order chi connectivity index (χ1) is 7.09. The Balaban J connectivity index is 2.66. The number of hydrogen-bond donors (Lipinski definition) is 0. The van der Waals surface area contributed by atoms with Crippen LogP contribution in [0.25, 0.3) is 10.6 Å². The molecule has 0 aliphatic heterocycles. The lowest BCUT2D eigenvalue weighted by Crippen LogP contribution is -1.92. The molecule has 15 heavy (non-hydrogen) atoms. The Morgan fingerprint density at radius 3 is 2.67 bits per heavy atom. The van der Waals surface area contributed by atoms with Crippen LogP contribution < -0.4 is 0 Å². The van der Waals surface area contributed by atoms with Crippen molar-refractivity contribution in [3.05, 3.63) is 39.9 Å². The van der Waals surface area contributed by atoms with Crippen LogP contribution in [0.3, 0.4) is 0 Å². The molecule has 0 fully saturated rings. The first-order valence-corrected chi connectivity index (χ1v) is 5.41. The quantitative estimate of drug-likeness (QED) is 0.739. The molecule has 1 heterocycles. The zero-order chi connectivity index (χ0) is 11.0. The predicted molar refractivity (Wildman–Crippen MR) is 57.2 cm³/mol. The highest BCUT2D eigenvalue weighted by molar-refractivity contribution is 7.13.